The number of rotatable bonds is 8. The van der Waals surface area contributed by atoms with Crippen LogP contribution in [0.3, 0.4) is 0 Å². The number of aryl methyl sites for hydroxylation is 1. The zero-order valence-electron chi connectivity index (χ0n) is 42.1. The lowest BCUT2D eigenvalue weighted by atomic mass is 9.65. The van der Waals surface area contributed by atoms with Crippen LogP contribution in [0.1, 0.15) is 105 Å². The summed E-state index contributed by atoms with van der Waals surface area (Å²) in [6, 6.07) is 37.8. The molecule has 3 heterocycles. The molecule has 354 valence electrons. The van der Waals surface area contributed by atoms with Gasteiger partial charge in [-0.1, -0.05) is 143 Å². The van der Waals surface area contributed by atoms with Crippen molar-refractivity contribution in [2.45, 2.75) is 86.2 Å². The van der Waals surface area contributed by atoms with E-state index in [0.717, 1.165) is 80.8 Å². The Labute approximate surface area is 422 Å². The number of para-hydroxylation sites is 1. The number of allylic oxidation sites excluding steroid dienone is 10. The minimum absolute atomic E-state index is 0.112. The molecule has 0 spiro atoms. The highest BCUT2D eigenvalue weighted by atomic mass is 32.1. The second kappa shape index (κ2) is 17.1. The largest absolute Gasteiger partial charge is 0.456 e. The lowest BCUT2D eigenvalue weighted by Crippen LogP contribution is -2.32. The Kier molecular flexibility index (Phi) is 10.9. The van der Waals surface area contributed by atoms with E-state index in [9.17, 15) is 0 Å². The van der Waals surface area contributed by atoms with E-state index < -0.39 is 11.6 Å². The number of aromatic nitrogens is 1. The summed E-state index contributed by atoms with van der Waals surface area (Å²) in [6.07, 6.45) is 26.2. The van der Waals surface area contributed by atoms with Crippen LogP contribution in [0.4, 0.5) is 10.1 Å². The Morgan fingerprint density at radius 1 is 0.803 bits per heavy atom. The minimum Gasteiger partial charge on any atom is -0.456 e. The van der Waals surface area contributed by atoms with E-state index in [2.05, 4.69) is 215 Å². The molecular weight excluding hydrogens is 888 g/mol. The molecule has 4 atom stereocenters. The molecule has 0 saturated carbocycles. The van der Waals surface area contributed by atoms with E-state index in [1.807, 2.05) is 31.3 Å². The van der Waals surface area contributed by atoms with Crippen molar-refractivity contribution in [2.24, 2.45) is 17.3 Å². The number of halogens is 1. The lowest BCUT2D eigenvalue weighted by Gasteiger charge is -2.38. The number of fused-ring (bicyclic) bond motifs is 10. The number of thiophene rings is 1. The van der Waals surface area contributed by atoms with E-state index in [-0.39, 0.29) is 11.3 Å². The lowest BCUT2D eigenvalue weighted by molar-refractivity contribution is 0.293. The van der Waals surface area contributed by atoms with Gasteiger partial charge in [-0.2, -0.15) is 0 Å². The maximum Gasteiger partial charge on any atom is 0.143 e. The smallest absolute Gasteiger partial charge is 0.143 e. The molecule has 4 unspecified atom stereocenters. The normalized spacial score (nSPS) is 20.8. The average molecular weight is 949 g/mol. The zero-order chi connectivity index (χ0) is 48.9. The SMILES string of the molecule is C/C=C\c1oc2c3c(ccc2c1C)C(C1=CC(F)C(C)C=C1)(c1ccccc1)c1cc(N(C2=CCC(C(C)(C)C)C=C2)C2=Cc4c(c(C)c(/C=C\C)n4-c4ccccc4)CC2)c2c(sc4ccccc42)c1-3. The summed E-state index contributed by atoms with van der Waals surface area (Å²) >= 11 is 1.87. The number of hydrogen-bond donors (Lipinski definition) is 0. The van der Waals surface area contributed by atoms with Crippen LogP contribution in [0.25, 0.3) is 66.2 Å². The van der Waals surface area contributed by atoms with Gasteiger partial charge in [-0.25, -0.2) is 4.39 Å². The Morgan fingerprint density at radius 3 is 2.27 bits per heavy atom. The third-order valence-corrected chi connectivity index (χ3v) is 17.3. The second-order valence-electron chi connectivity index (χ2n) is 21.2. The van der Waals surface area contributed by atoms with Crippen LogP contribution in [-0.2, 0) is 11.8 Å². The van der Waals surface area contributed by atoms with Crippen molar-refractivity contribution in [3.63, 3.8) is 0 Å². The van der Waals surface area contributed by atoms with Crippen LogP contribution < -0.4 is 4.90 Å². The van der Waals surface area contributed by atoms with Gasteiger partial charge in [0.15, 0.2) is 0 Å². The van der Waals surface area contributed by atoms with E-state index >= 15 is 4.39 Å². The number of anilines is 1. The fourth-order valence-electron chi connectivity index (χ4n) is 12.4. The highest BCUT2D eigenvalue weighted by Crippen LogP contribution is 2.64. The number of hydrogen-bond acceptors (Lipinski definition) is 3. The van der Waals surface area contributed by atoms with Gasteiger partial charge in [-0.15, -0.1) is 11.3 Å². The van der Waals surface area contributed by atoms with E-state index in [4.69, 9.17) is 4.42 Å². The van der Waals surface area contributed by atoms with Gasteiger partial charge < -0.3 is 13.9 Å². The third-order valence-electron chi connectivity index (χ3n) is 16.1. The van der Waals surface area contributed by atoms with Crippen LogP contribution in [0.2, 0.25) is 0 Å². The number of nitrogens with zero attached hydrogens (tertiary/aromatic N) is 2. The first-order chi connectivity index (χ1) is 34.4. The molecule has 0 fully saturated rings. The summed E-state index contributed by atoms with van der Waals surface area (Å²) in [5.74, 6) is 1.02. The number of benzene rings is 5. The monoisotopic (exact) mass is 948 g/mol. The number of alkyl halides is 1. The van der Waals surface area contributed by atoms with Crippen molar-refractivity contribution in [3.8, 4) is 16.8 Å². The molecule has 8 aromatic rings. The van der Waals surface area contributed by atoms with Crippen molar-refractivity contribution in [1.29, 1.82) is 0 Å². The quantitative estimate of drug-likeness (QED) is 0.151. The predicted octanol–water partition coefficient (Wildman–Crippen LogP) is 18.4. The molecule has 0 amide bonds. The number of furan rings is 1. The average Bonchev–Trinajstić information content (AvgIpc) is 4.10. The van der Waals surface area contributed by atoms with Crippen LogP contribution in [0, 0.1) is 31.1 Å². The van der Waals surface area contributed by atoms with Gasteiger partial charge >= 0.3 is 0 Å². The topological polar surface area (TPSA) is 21.3 Å². The first-order valence-electron chi connectivity index (χ1n) is 25.5. The Hall–Kier alpha value is -6.95. The molecule has 12 rings (SSSR count). The summed E-state index contributed by atoms with van der Waals surface area (Å²) < 4.78 is 28.7. The van der Waals surface area contributed by atoms with Gasteiger partial charge in [0.2, 0.25) is 0 Å². The zero-order valence-corrected chi connectivity index (χ0v) is 42.9. The highest BCUT2D eigenvalue weighted by molar-refractivity contribution is 7.26. The molecule has 0 bridgehead atoms. The van der Waals surface area contributed by atoms with Gasteiger partial charge in [-0.05, 0) is 146 Å². The van der Waals surface area contributed by atoms with E-state index in [0.29, 0.717) is 5.92 Å². The van der Waals surface area contributed by atoms with E-state index in [1.165, 1.54) is 59.6 Å². The van der Waals surface area contributed by atoms with E-state index in [1.54, 1.807) is 0 Å². The summed E-state index contributed by atoms with van der Waals surface area (Å²) in [5.41, 5.74) is 17.7. The third kappa shape index (κ3) is 6.86. The maximum absolute atomic E-state index is 16.7. The van der Waals surface area contributed by atoms with Crippen molar-refractivity contribution in [2.75, 3.05) is 4.90 Å². The van der Waals surface area contributed by atoms with Crippen molar-refractivity contribution < 1.29 is 8.81 Å². The minimum atomic E-state index is -1.14. The Balaban J connectivity index is 1.24. The van der Waals surface area contributed by atoms with Crippen LogP contribution in [-0.4, -0.2) is 10.7 Å². The van der Waals surface area contributed by atoms with Gasteiger partial charge in [0.25, 0.3) is 0 Å². The molecule has 0 radical (unpaired) electrons. The van der Waals surface area contributed by atoms with Crippen LogP contribution >= 0.6 is 11.3 Å². The predicted molar refractivity (Wildman–Crippen MR) is 300 cm³/mol. The maximum atomic E-state index is 16.7. The fourth-order valence-corrected chi connectivity index (χ4v) is 13.7. The van der Waals surface area contributed by atoms with Gasteiger partial charge in [0.05, 0.1) is 16.8 Å². The molecule has 3 nitrogen and oxygen atoms in total. The van der Waals surface area contributed by atoms with Gasteiger partial charge in [-0.3, -0.25) is 0 Å². The van der Waals surface area contributed by atoms with Crippen molar-refractivity contribution >= 4 is 66.4 Å². The van der Waals surface area contributed by atoms with Crippen molar-refractivity contribution in [3.05, 3.63) is 219 Å². The van der Waals surface area contributed by atoms with Crippen molar-refractivity contribution in [1.82, 2.24) is 4.57 Å². The molecule has 5 heteroatoms. The molecule has 4 aliphatic carbocycles. The Bertz CT molecular complexity index is 3690. The molecule has 3 aromatic heterocycles. The standard InChI is InChI=1S/C66H61FN2OS/c1-9-19-55-41(4)49-34-33-48(38-56(49)69(55)46-23-15-12-16-24-46)68(47-31-29-43(30-32-47)65(6,7)8)57-39-53-62(64-60(57)51-25-17-18-26-59(51)71-64)61-52(36-35-50-42(5)58(20-10-2)70-63(50)61)66(53,44-21-13-11-14-22-44)45-28-27-40(3)54(67)37-45/h9-29,31-32,35-40,43,54H,30,33-34H2,1-8H3/b19-9-,20-10-. The summed E-state index contributed by atoms with van der Waals surface area (Å²) in [6.45, 7) is 17.6. The molecule has 0 N–H and O–H groups in total. The molecule has 5 aromatic carbocycles. The van der Waals surface area contributed by atoms with Crippen LogP contribution in [0.5, 0.6) is 0 Å². The van der Waals surface area contributed by atoms with Gasteiger partial charge in [0.1, 0.15) is 17.5 Å². The first-order valence-corrected chi connectivity index (χ1v) is 26.4. The van der Waals surface area contributed by atoms with Crippen LogP contribution in [0.15, 0.2) is 173 Å². The fraction of sp³-hybridized carbons (Fsp3) is 0.242. The molecule has 4 aliphatic rings. The Morgan fingerprint density at radius 2 is 1.55 bits per heavy atom. The second-order valence-corrected chi connectivity index (χ2v) is 22.2. The summed E-state index contributed by atoms with van der Waals surface area (Å²) in [4.78, 5) is 2.62. The molecule has 71 heavy (non-hydrogen) atoms. The van der Waals surface area contributed by atoms with Gasteiger partial charge in [0, 0.05) is 70.9 Å². The summed E-state index contributed by atoms with van der Waals surface area (Å²) in [5, 5.41) is 3.55. The molecule has 0 saturated heterocycles. The first kappa shape index (κ1) is 45.2. The highest BCUT2D eigenvalue weighted by Gasteiger charge is 2.51. The summed E-state index contributed by atoms with van der Waals surface area (Å²) in [7, 11) is 0. The molecule has 0 aliphatic heterocycles. The molecular formula is C66H61FN2OS.